The quantitative estimate of drug-likeness (QED) is 0.615. The fraction of sp³-hybridized carbons (Fsp3) is 0.571. The van der Waals surface area contributed by atoms with E-state index in [-0.39, 0.29) is 24.1 Å². The van der Waals surface area contributed by atoms with E-state index < -0.39 is 31.0 Å². The van der Waals surface area contributed by atoms with Crippen molar-refractivity contribution in [3.63, 3.8) is 0 Å². The lowest BCUT2D eigenvalue weighted by Gasteiger charge is -2.23. The third-order valence-corrected chi connectivity index (χ3v) is 5.49. The molecule has 0 spiro atoms. The van der Waals surface area contributed by atoms with E-state index in [0.29, 0.717) is 19.5 Å². The van der Waals surface area contributed by atoms with Crippen molar-refractivity contribution in [2.24, 2.45) is 5.92 Å². The van der Waals surface area contributed by atoms with Gasteiger partial charge in [0, 0.05) is 25.6 Å². The molecule has 7 nitrogen and oxygen atoms in total. The summed E-state index contributed by atoms with van der Waals surface area (Å²) in [6.07, 6.45) is 4.81. The molecule has 1 aliphatic carbocycles. The van der Waals surface area contributed by atoms with Crippen molar-refractivity contribution in [3.8, 4) is 5.75 Å². The number of amides is 2. The van der Waals surface area contributed by atoms with E-state index in [0.717, 1.165) is 31.2 Å². The number of carbonyl (C=O) groups is 3. The molecule has 1 saturated heterocycles. The summed E-state index contributed by atoms with van der Waals surface area (Å²) in [6.45, 7) is -2.59. The molecule has 2 aliphatic rings. The van der Waals surface area contributed by atoms with Gasteiger partial charge >= 0.3 is 12.6 Å². The summed E-state index contributed by atoms with van der Waals surface area (Å²) >= 11 is 0. The van der Waals surface area contributed by atoms with E-state index in [4.69, 9.17) is 4.74 Å². The predicted molar refractivity (Wildman–Crippen MR) is 103 cm³/mol. The Balaban J connectivity index is 1.33. The van der Waals surface area contributed by atoms with E-state index in [1.54, 1.807) is 17.0 Å². The minimum absolute atomic E-state index is 0.0155. The van der Waals surface area contributed by atoms with Crippen molar-refractivity contribution >= 4 is 17.8 Å². The van der Waals surface area contributed by atoms with Crippen LogP contribution in [-0.4, -0.2) is 55.0 Å². The summed E-state index contributed by atoms with van der Waals surface area (Å²) in [7, 11) is 0. The maximum Gasteiger partial charge on any atom is 0.387 e. The van der Waals surface area contributed by atoms with Gasteiger partial charge in [-0.05, 0) is 37.0 Å². The monoisotopic (exact) mass is 424 g/mol. The van der Waals surface area contributed by atoms with Gasteiger partial charge in [-0.15, -0.1) is 0 Å². The second kappa shape index (κ2) is 10.4. The van der Waals surface area contributed by atoms with Gasteiger partial charge in [-0.1, -0.05) is 25.0 Å². The van der Waals surface area contributed by atoms with Gasteiger partial charge in [0.1, 0.15) is 5.75 Å². The first kappa shape index (κ1) is 22.0. The SMILES string of the molecule is O=C(COC(=O)[C@@H]1CC(=O)N(C2CCCC2)C1)NCCc1ccc(OC(F)F)cc1. The maximum atomic E-state index is 12.2. The molecule has 0 unspecified atom stereocenters. The van der Waals surface area contributed by atoms with Crippen LogP contribution in [0.2, 0.25) is 0 Å². The van der Waals surface area contributed by atoms with Crippen LogP contribution in [0.4, 0.5) is 8.78 Å². The Morgan fingerprint density at radius 3 is 2.53 bits per heavy atom. The second-order valence-electron chi connectivity index (χ2n) is 7.62. The molecule has 30 heavy (non-hydrogen) atoms. The molecule has 0 aromatic heterocycles. The molecule has 1 atom stereocenters. The van der Waals surface area contributed by atoms with Crippen LogP contribution in [-0.2, 0) is 25.5 Å². The molecule has 1 aromatic carbocycles. The Morgan fingerprint density at radius 2 is 1.87 bits per heavy atom. The smallest absolute Gasteiger partial charge is 0.387 e. The minimum Gasteiger partial charge on any atom is -0.455 e. The molecule has 1 aromatic rings. The summed E-state index contributed by atoms with van der Waals surface area (Å²) in [5, 5.41) is 2.64. The van der Waals surface area contributed by atoms with Crippen LogP contribution in [0.5, 0.6) is 5.75 Å². The number of hydrogen-bond acceptors (Lipinski definition) is 5. The van der Waals surface area contributed by atoms with Crippen LogP contribution < -0.4 is 10.1 Å². The lowest BCUT2D eigenvalue weighted by Crippen LogP contribution is -2.35. The fourth-order valence-corrected chi connectivity index (χ4v) is 3.95. The standard InChI is InChI=1S/C21H26F2N2O5/c22-21(23)30-17-7-5-14(6-8-17)9-10-24-18(26)13-29-20(28)15-11-19(27)25(12-15)16-3-1-2-4-16/h5-8,15-16,21H,1-4,9-13H2,(H,24,26)/t15-/m1/s1. The van der Waals surface area contributed by atoms with Crippen molar-refractivity contribution in [3.05, 3.63) is 29.8 Å². The van der Waals surface area contributed by atoms with Gasteiger partial charge in [-0.3, -0.25) is 14.4 Å². The van der Waals surface area contributed by atoms with E-state index >= 15 is 0 Å². The summed E-state index contributed by atoms with van der Waals surface area (Å²) in [5.41, 5.74) is 0.838. The molecule has 164 valence electrons. The zero-order valence-corrected chi connectivity index (χ0v) is 16.6. The Bertz CT molecular complexity index is 750. The molecule has 1 aliphatic heterocycles. The van der Waals surface area contributed by atoms with Gasteiger partial charge in [0.2, 0.25) is 5.91 Å². The van der Waals surface area contributed by atoms with Gasteiger partial charge in [-0.25, -0.2) is 0 Å². The molecule has 1 heterocycles. The summed E-state index contributed by atoms with van der Waals surface area (Å²) in [4.78, 5) is 38.1. The zero-order chi connectivity index (χ0) is 21.5. The van der Waals surface area contributed by atoms with E-state index in [2.05, 4.69) is 10.1 Å². The number of esters is 1. The number of nitrogens with zero attached hydrogens (tertiary/aromatic N) is 1. The average Bonchev–Trinajstić information content (AvgIpc) is 3.36. The Kier molecular flexibility index (Phi) is 7.59. The molecule has 1 N–H and O–H groups in total. The number of rotatable bonds is 9. The van der Waals surface area contributed by atoms with Gasteiger partial charge < -0.3 is 19.7 Å². The Labute approximate surface area is 173 Å². The van der Waals surface area contributed by atoms with E-state index in [1.807, 2.05) is 0 Å². The number of ether oxygens (including phenoxy) is 2. The predicted octanol–water partition coefficient (Wildman–Crippen LogP) is 2.28. The van der Waals surface area contributed by atoms with Crippen LogP contribution in [0, 0.1) is 5.92 Å². The van der Waals surface area contributed by atoms with Gasteiger partial charge in [0.15, 0.2) is 6.61 Å². The highest BCUT2D eigenvalue weighted by Crippen LogP contribution is 2.29. The first-order chi connectivity index (χ1) is 14.4. The highest BCUT2D eigenvalue weighted by Gasteiger charge is 2.39. The van der Waals surface area contributed by atoms with Crippen molar-refractivity contribution in [2.75, 3.05) is 19.7 Å². The van der Waals surface area contributed by atoms with Crippen LogP contribution in [0.3, 0.4) is 0 Å². The number of halogens is 2. The first-order valence-corrected chi connectivity index (χ1v) is 10.2. The Morgan fingerprint density at radius 1 is 1.17 bits per heavy atom. The highest BCUT2D eigenvalue weighted by atomic mass is 19.3. The normalized spacial score (nSPS) is 19.4. The zero-order valence-electron chi connectivity index (χ0n) is 16.6. The fourth-order valence-electron chi connectivity index (χ4n) is 3.95. The van der Waals surface area contributed by atoms with E-state index in [1.165, 1.54) is 12.1 Å². The van der Waals surface area contributed by atoms with Gasteiger partial charge in [-0.2, -0.15) is 8.78 Å². The van der Waals surface area contributed by atoms with Crippen LogP contribution in [0.15, 0.2) is 24.3 Å². The lowest BCUT2D eigenvalue weighted by molar-refractivity contribution is -0.152. The van der Waals surface area contributed by atoms with Gasteiger partial charge in [0.25, 0.3) is 5.91 Å². The lowest BCUT2D eigenvalue weighted by atomic mass is 10.1. The van der Waals surface area contributed by atoms with E-state index in [9.17, 15) is 23.2 Å². The molecule has 3 rings (SSSR count). The number of benzene rings is 1. The van der Waals surface area contributed by atoms with Crippen molar-refractivity contribution in [1.82, 2.24) is 10.2 Å². The van der Waals surface area contributed by atoms with Crippen molar-refractivity contribution in [2.45, 2.75) is 51.2 Å². The Hall–Kier alpha value is -2.71. The third-order valence-electron chi connectivity index (χ3n) is 5.49. The average molecular weight is 424 g/mol. The summed E-state index contributed by atoms with van der Waals surface area (Å²) in [6, 6.07) is 6.37. The van der Waals surface area contributed by atoms with Crippen LogP contribution in [0.1, 0.15) is 37.7 Å². The molecule has 2 amide bonds. The molecule has 1 saturated carbocycles. The number of nitrogens with one attached hydrogen (secondary N) is 1. The summed E-state index contributed by atoms with van der Waals surface area (Å²) in [5.74, 6) is -1.41. The molecule has 9 heteroatoms. The molecular formula is C21H26F2N2O5. The molecule has 0 radical (unpaired) electrons. The molecule has 2 fully saturated rings. The molecule has 0 bridgehead atoms. The minimum atomic E-state index is -2.87. The number of likely N-dealkylation sites (tertiary alicyclic amines) is 1. The number of carbonyl (C=O) groups excluding carboxylic acids is 3. The molecular weight excluding hydrogens is 398 g/mol. The summed E-state index contributed by atoms with van der Waals surface area (Å²) < 4.78 is 33.6. The largest absolute Gasteiger partial charge is 0.455 e. The number of hydrogen-bond donors (Lipinski definition) is 1. The van der Waals surface area contributed by atoms with Crippen LogP contribution >= 0.6 is 0 Å². The highest BCUT2D eigenvalue weighted by molar-refractivity contribution is 5.88. The van der Waals surface area contributed by atoms with Crippen LogP contribution in [0.25, 0.3) is 0 Å². The third kappa shape index (κ3) is 6.14. The van der Waals surface area contributed by atoms with Gasteiger partial charge in [0.05, 0.1) is 5.92 Å². The number of alkyl halides is 2. The maximum absolute atomic E-state index is 12.2. The van der Waals surface area contributed by atoms with Crippen molar-refractivity contribution in [1.29, 1.82) is 0 Å². The second-order valence-corrected chi connectivity index (χ2v) is 7.62. The topological polar surface area (TPSA) is 84.9 Å². The van der Waals surface area contributed by atoms with Crippen molar-refractivity contribution < 1.29 is 32.6 Å². The first-order valence-electron chi connectivity index (χ1n) is 10.2.